The average Bonchev–Trinajstić information content (AvgIpc) is 1.87. The maximum absolute atomic E-state index is 10.5. The average molecular weight is 143 g/mol. The third-order valence-electron chi connectivity index (χ3n) is 1.61. The highest BCUT2D eigenvalue weighted by molar-refractivity contribution is 5.75. The molecular formula is C8H17NO. The highest BCUT2D eigenvalue weighted by Gasteiger charge is 1.95. The van der Waals surface area contributed by atoms with Crippen molar-refractivity contribution in [3.8, 4) is 0 Å². The topological polar surface area (TPSA) is 20.3 Å². The largest absolute Gasteiger partial charge is 0.307 e. The molecule has 0 rings (SSSR count). The minimum Gasteiger partial charge on any atom is -0.307 e. The van der Waals surface area contributed by atoms with Gasteiger partial charge in [-0.2, -0.15) is 0 Å². The zero-order valence-electron chi connectivity index (χ0n) is 7.18. The summed E-state index contributed by atoms with van der Waals surface area (Å²) in [5, 5.41) is 0. The molecule has 0 radical (unpaired) electrons. The number of carbonyl (C=O) groups excluding carboxylic acids is 1. The Labute approximate surface area is 63.2 Å². The molecule has 0 saturated heterocycles. The number of hydrogen-bond donors (Lipinski definition) is 0. The fourth-order valence-electron chi connectivity index (χ4n) is 0.756. The first-order chi connectivity index (χ1) is 4.66. The number of rotatable bonds is 5. The first kappa shape index (κ1) is 9.63. The summed E-state index contributed by atoms with van der Waals surface area (Å²) in [6.07, 6.45) is 1.73. The molecule has 0 aromatic rings. The van der Waals surface area contributed by atoms with Crippen LogP contribution in [0, 0.1) is 0 Å². The van der Waals surface area contributed by atoms with Gasteiger partial charge in [0.15, 0.2) is 0 Å². The fraction of sp³-hybridized carbons (Fsp3) is 0.875. The van der Waals surface area contributed by atoms with Crippen LogP contribution in [-0.2, 0) is 4.79 Å². The van der Waals surface area contributed by atoms with Crippen LogP contribution in [0.1, 0.15) is 26.7 Å². The van der Waals surface area contributed by atoms with Crippen LogP contribution in [0.2, 0.25) is 0 Å². The van der Waals surface area contributed by atoms with Gasteiger partial charge in [-0.15, -0.1) is 0 Å². The molecule has 0 fully saturated rings. The van der Waals surface area contributed by atoms with Crippen molar-refractivity contribution in [2.24, 2.45) is 0 Å². The zero-order chi connectivity index (χ0) is 7.98. The normalized spacial score (nSPS) is 10.4. The van der Waals surface area contributed by atoms with Gasteiger partial charge < -0.3 is 9.69 Å². The maximum Gasteiger partial charge on any atom is 0.129 e. The quantitative estimate of drug-likeness (QED) is 0.578. The Morgan fingerprint density at radius 1 is 1.50 bits per heavy atom. The Kier molecular flexibility index (Phi) is 5.22. The van der Waals surface area contributed by atoms with E-state index >= 15 is 0 Å². The first-order valence-electron chi connectivity index (χ1n) is 3.84. The molecule has 0 spiro atoms. The lowest BCUT2D eigenvalue weighted by atomic mass is 10.2. The molecule has 0 bridgehead atoms. The molecule has 10 heavy (non-hydrogen) atoms. The van der Waals surface area contributed by atoms with Gasteiger partial charge in [-0.1, -0.05) is 6.92 Å². The molecule has 0 saturated carbocycles. The summed E-state index contributed by atoms with van der Waals surface area (Å²) in [6, 6.07) is 0. The van der Waals surface area contributed by atoms with Crippen LogP contribution in [0.15, 0.2) is 0 Å². The second kappa shape index (κ2) is 5.42. The van der Waals surface area contributed by atoms with Gasteiger partial charge in [0.1, 0.15) is 5.78 Å². The Morgan fingerprint density at radius 2 is 2.10 bits per heavy atom. The van der Waals surface area contributed by atoms with Gasteiger partial charge in [0.05, 0.1) is 0 Å². The van der Waals surface area contributed by atoms with Crippen molar-refractivity contribution >= 4 is 5.78 Å². The Balaban J connectivity index is 3.11. The maximum atomic E-state index is 10.5. The van der Waals surface area contributed by atoms with Crippen LogP contribution >= 0.6 is 0 Å². The van der Waals surface area contributed by atoms with Gasteiger partial charge in [-0.25, -0.2) is 0 Å². The van der Waals surface area contributed by atoms with Crippen LogP contribution in [0.25, 0.3) is 0 Å². The number of hydrogen-bond acceptors (Lipinski definition) is 2. The Hall–Kier alpha value is -0.370. The monoisotopic (exact) mass is 143 g/mol. The smallest absolute Gasteiger partial charge is 0.129 e. The van der Waals surface area contributed by atoms with Crippen molar-refractivity contribution in [1.82, 2.24) is 4.90 Å². The number of carbonyl (C=O) groups is 1. The van der Waals surface area contributed by atoms with Crippen LogP contribution in [0.3, 0.4) is 0 Å². The van der Waals surface area contributed by atoms with Gasteiger partial charge in [-0.3, -0.25) is 0 Å². The van der Waals surface area contributed by atoms with E-state index in [1.54, 1.807) is 6.92 Å². The number of Topliss-reactive ketones (excluding diaryl/α,β-unsaturated/α-hetero) is 1. The highest BCUT2D eigenvalue weighted by Crippen LogP contribution is 1.92. The second-order valence-electron chi connectivity index (χ2n) is 2.70. The molecule has 0 amide bonds. The summed E-state index contributed by atoms with van der Waals surface area (Å²) < 4.78 is 0. The molecule has 0 aromatic heterocycles. The second-order valence-corrected chi connectivity index (χ2v) is 2.70. The van der Waals surface area contributed by atoms with E-state index in [0.717, 1.165) is 25.9 Å². The summed E-state index contributed by atoms with van der Waals surface area (Å²) in [5.41, 5.74) is 0. The predicted molar refractivity (Wildman–Crippen MR) is 43.1 cm³/mol. The third-order valence-corrected chi connectivity index (χ3v) is 1.61. The molecule has 0 aliphatic heterocycles. The van der Waals surface area contributed by atoms with Crippen molar-refractivity contribution in [3.63, 3.8) is 0 Å². The van der Waals surface area contributed by atoms with E-state index in [1.807, 2.05) is 0 Å². The van der Waals surface area contributed by atoms with E-state index in [2.05, 4.69) is 18.9 Å². The molecule has 60 valence electrons. The molecule has 0 heterocycles. The van der Waals surface area contributed by atoms with E-state index < -0.39 is 0 Å². The van der Waals surface area contributed by atoms with E-state index in [0.29, 0.717) is 5.78 Å². The SMILES string of the molecule is CCN(C)CCCC(C)=O. The van der Waals surface area contributed by atoms with Crippen molar-refractivity contribution in [2.45, 2.75) is 26.7 Å². The highest BCUT2D eigenvalue weighted by atomic mass is 16.1. The molecule has 2 nitrogen and oxygen atoms in total. The molecule has 0 aliphatic rings. The van der Waals surface area contributed by atoms with Crippen LogP contribution in [0.5, 0.6) is 0 Å². The lowest BCUT2D eigenvalue weighted by Gasteiger charge is -2.11. The molecule has 0 N–H and O–H groups in total. The Bertz CT molecular complexity index is 101. The molecule has 0 unspecified atom stereocenters. The minimum absolute atomic E-state index is 0.296. The summed E-state index contributed by atoms with van der Waals surface area (Å²) >= 11 is 0. The minimum atomic E-state index is 0.296. The molecule has 0 aliphatic carbocycles. The summed E-state index contributed by atoms with van der Waals surface area (Å²) in [7, 11) is 2.07. The van der Waals surface area contributed by atoms with Crippen molar-refractivity contribution < 1.29 is 4.79 Å². The Morgan fingerprint density at radius 3 is 2.50 bits per heavy atom. The van der Waals surface area contributed by atoms with Crippen molar-refractivity contribution in [1.29, 1.82) is 0 Å². The van der Waals surface area contributed by atoms with Crippen LogP contribution in [-0.4, -0.2) is 30.8 Å². The van der Waals surface area contributed by atoms with Crippen LogP contribution < -0.4 is 0 Å². The van der Waals surface area contributed by atoms with E-state index in [4.69, 9.17) is 0 Å². The predicted octanol–water partition coefficient (Wildman–Crippen LogP) is 1.31. The van der Waals surface area contributed by atoms with Gasteiger partial charge in [0, 0.05) is 6.42 Å². The summed E-state index contributed by atoms with van der Waals surface area (Å²) in [5.74, 6) is 0.296. The van der Waals surface area contributed by atoms with Gasteiger partial charge in [-0.05, 0) is 33.5 Å². The van der Waals surface area contributed by atoms with E-state index in [-0.39, 0.29) is 0 Å². The van der Waals surface area contributed by atoms with Gasteiger partial charge in [0.2, 0.25) is 0 Å². The molecular weight excluding hydrogens is 126 g/mol. The van der Waals surface area contributed by atoms with E-state index in [9.17, 15) is 4.79 Å². The van der Waals surface area contributed by atoms with Crippen molar-refractivity contribution in [3.05, 3.63) is 0 Å². The molecule has 2 heteroatoms. The summed E-state index contributed by atoms with van der Waals surface area (Å²) in [4.78, 5) is 12.7. The van der Waals surface area contributed by atoms with Crippen LogP contribution in [0.4, 0.5) is 0 Å². The number of ketones is 1. The van der Waals surface area contributed by atoms with Crippen molar-refractivity contribution in [2.75, 3.05) is 20.1 Å². The van der Waals surface area contributed by atoms with Gasteiger partial charge >= 0.3 is 0 Å². The molecule has 0 aromatic carbocycles. The zero-order valence-corrected chi connectivity index (χ0v) is 7.18. The van der Waals surface area contributed by atoms with E-state index in [1.165, 1.54) is 0 Å². The first-order valence-corrected chi connectivity index (χ1v) is 3.84. The number of nitrogens with zero attached hydrogens (tertiary/aromatic N) is 1. The fourth-order valence-corrected chi connectivity index (χ4v) is 0.756. The standard InChI is InChI=1S/C8H17NO/c1-4-9(3)7-5-6-8(2)10/h4-7H2,1-3H3. The van der Waals surface area contributed by atoms with Gasteiger partial charge in [0.25, 0.3) is 0 Å². The lowest BCUT2D eigenvalue weighted by Crippen LogP contribution is -2.19. The third kappa shape index (κ3) is 5.76. The molecule has 0 atom stereocenters. The summed E-state index contributed by atoms with van der Waals surface area (Å²) in [6.45, 7) is 5.87. The lowest BCUT2D eigenvalue weighted by molar-refractivity contribution is -0.117.